The van der Waals surface area contributed by atoms with E-state index in [1.54, 1.807) is 7.11 Å². The fourth-order valence-electron chi connectivity index (χ4n) is 2.84. The minimum absolute atomic E-state index is 0.293. The summed E-state index contributed by atoms with van der Waals surface area (Å²) < 4.78 is 5.52. The van der Waals surface area contributed by atoms with Crippen molar-refractivity contribution in [2.24, 2.45) is 11.8 Å². The predicted molar refractivity (Wildman–Crippen MR) is 76.2 cm³/mol. The predicted octanol–water partition coefficient (Wildman–Crippen LogP) is 3.22. The van der Waals surface area contributed by atoms with E-state index in [4.69, 9.17) is 4.74 Å². The average molecular weight is 247 g/mol. The molecule has 0 radical (unpaired) electrons. The molecule has 1 N–H and O–H groups in total. The number of nitrogens with one attached hydrogen (secondary N) is 1. The number of hydrogen-bond donors (Lipinski definition) is 1. The summed E-state index contributed by atoms with van der Waals surface area (Å²) in [6.45, 7) is 8.98. The van der Waals surface area contributed by atoms with Crippen molar-refractivity contribution in [2.75, 3.05) is 20.2 Å². The van der Waals surface area contributed by atoms with Gasteiger partial charge in [-0.3, -0.25) is 0 Å². The number of ether oxygens (including phenoxy) is 1. The summed E-state index contributed by atoms with van der Waals surface area (Å²) in [7, 11) is 1.77. The molecule has 2 heteroatoms. The Kier molecular flexibility index (Phi) is 3.96. The first-order valence-electron chi connectivity index (χ1n) is 6.94. The first-order chi connectivity index (χ1) is 8.60. The zero-order valence-electron chi connectivity index (χ0n) is 12.0. The zero-order valence-corrected chi connectivity index (χ0v) is 12.0. The Morgan fingerprint density at radius 1 is 1.39 bits per heavy atom. The van der Waals surface area contributed by atoms with Crippen LogP contribution in [-0.4, -0.2) is 20.2 Å². The first-order valence-corrected chi connectivity index (χ1v) is 6.94. The Bertz CT molecular complexity index is 402. The molecule has 2 unspecified atom stereocenters. The highest BCUT2D eigenvalue weighted by Gasteiger charge is 2.53. The Balaban J connectivity index is 2.12. The largest absolute Gasteiger partial charge is 0.496 e. The van der Waals surface area contributed by atoms with Gasteiger partial charge in [-0.1, -0.05) is 39.0 Å². The Morgan fingerprint density at radius 2 is 2.06 bits per heavy atom. The summed E-state index contributed by atoms with van der Waals surface area (Å²) in [6, 6.07) is 8.46. The minimum Gasteiger partial charge on any atom is -0.496 e. The van der Waals surface area contributed by atoms with E-state index in [9.17, 15) is 0 Å². The molecule has 1 aromatic carbocycles. The summed E-state index contributed by atoms with van der Waals surface area (Å²) >= 11 is 0. The van der Waals surface area contributed by atoms with Crippen LogP contribution in [-0.2, 0) is 5.41 Å². The second-order valence-corrected chi connectivity index (χ2v) is 5.99. The van der Waals surface area contributed by atoms with Gasteiger partial charge in [-0.2, -0.15) is 0 Å². The van der Waals surface area contributed by atoms with Gasteiger partial charge in [0.25, 0.3) is 0 Å². The van der Waals surface area contributed by atoms with Crippen LogP contribution in [0.3, 0.4) is 0 Å². The number of hydrogen-bond acceptors (Lipinski definition) is 2. The lowest BCUT2D eigenvalue weighted by molar-refractivity contribution is 0.397. The maximum atomic E-state index is 5.52. The van der Waals surface area contributed by atoms with Gasteiger partial charge in [0.05, 0.1) is 7.11 Å². The monoisotopic (exact) mass is 247 g/mol. The van der Waals surface area contributed by atoms with Crippen LogP contribution in [0.5, 0.6) is 5.75 Å². The molecule has 0 heterocycles. The first kappa shape index (κ1) is 13.4. The van der Waals surface area contributed by atoms with Gasteiger partial charge in [0.15, 0.2) is 0 Å². The van der Waals surface area contributed by atoms with Gasteiger partial charge in [0, 0.05) is 17.5 Å². The SMILES string of the molecule is COc1ccccc1C1(CNCC(C)C)CC1C. The van der Waals surface area contributed by atoms with Crippen molar-refractivity contribution in [2.45, 2.75) is 32.6 Å². The molecule has 18 heavy (non-hydrogen) atoms. The third-order valence-corrected chi connectivity index (χ3v) is 4.09. The second kappa shape index (κ2) is 5.31. The van der Waals surface area contributed by atoms with Gasteiger partial charge >= 0.3 is 0 Å². The summed E-state index contributed by atoms with van der Waals surface area (Å²) in [5.41, 5.74) is 1.66. The van der Waals surface area contributed by atoms with Gasteiger partial charge in [0.2, 0.25) is 0 Å². The van der Waals surface area contributed by atoms with Crippen LogP contribution in [0.1, 0.15) is 32.8 Å². The molecule has 0 amide bonds. The van der Waals surface area contributed by atoms with Crippen molar-refractivity contribution in [1.29, 1.82) is 0 Å². The third-order valence-electron chi connectivity index (χ3n) is 4.09. The van der Waals surface area contributed by atoms with Crippen LogP contribution in [0.4, 0.5) is 0 Å². The number of methoxy groups -OCH3 is 1. The van der Waals surface area contributed by atoms with E-state index in [2.05, 4.69) is 44.3 Å². The molecule has 2 nitrogen and oxygen atoms in total. The number of rotatable bonds is 6. The molecule has 100 valence electrons. The average Bonchev–Trinajstić information content (AvgIpc) is 3.00. The van der Waals surface area contributed by atoms with Crippen LogP contribution >= 0.6 is 0 Å². The summed E-state index contributed by atoms with van der Waals surface area (Å²) in [6.07, 6.45) is 1.26. The van der Waals surface area contributed by atoms with Gasteiger partial charge in [-0.05, 0) is 30.9 Å². The Hall–Kier alpha value is -1.02. The molecular weight excluding hydrogens is 222 g/mol. The van der Waals surface area contributed by atoms with E-state index in [0.29, 0.717) is 11.3 Å². The van der Waals surface area contributed by atoms with Crippen molar-refractivity contribution in [3.05, 3.63) is 29.8 Å². The third kappa shape index (κ3) is 2.54. The molecule has 1 aliphatic rings. The summed E-state index contributed by atoms with van der Waals surface area (Å²) in [5.74, 6) is 2.48. The molecule has 0 bridgehead atoms. The molecule has 1 saturated carbocycles. The summed E-state index contributed by atoms with van der Waals surface area (Å²) in [4.78, 5) is 0. The molecule has 0 spiro atoms. The molecule has 0 saturated heterocycles. The lowest BCUT2D eigenvalue weighted by Gasteiger charge is -2.21. The van der Waals surface area contributed by atoms with Crippen LogP contribution in [0.25, 0.3) is 0 Å². The number of benzene rings is 1. The second-order valence-electron chi connectivity index (χ2n) is 5.99. The van der Waals surface area contributed by atoms with E-state index in [1.165, 1.54) is 12.0 Å². The van der Waals surface area contributed by atoms with Gasteiger partial charge in [-0.25, -0.2) is 0 Å². The molecule has 0 aromatic heterocycles. The van der Waals surface area contributed by atoms with Gasteiger partial charge in [-0.15, -0.1) is 0 Å². The Labute approximate surface area is 111 Å². The van der Waals surface area contributed by atoms with Crippen molar-refractivity contribution in [3.63, 3.8) is 0 Å². The quantitative estimate of drug-likeness (QED) is 0.833. The normalized spacial score (nSPS) is 26.4. The molecule has 2 rings (SSSR count). The lowest BCUT2D eigenvalue weighted by Crippen LogP contribution is -2.31. The maximum absolute atomic E-state index is 5.52. The van der Waals surface area contributed by atoms with E-state index < -0.39 is 0 Å². The molecule has 1 aliphatic carbocycles. The van der Waals surface area contributed by atoms with E-state index in [0.717, 1.165) is 24.8 Å². The lowest BCUT2D eigenvalue weighted by atomic mass is 9.92. The van der Waals surface area contributed by atoms with Crippen LogP contribution in [0.15, 0.2) is 24.3 Å². The highest BCUT2D eigenvalue weighted by Crippen LogP contribution is 2.55. The van der Waals surface area contributed by atoms with Crippen molar-refractivity contribution < 1.29 is 4.74 Å². The van der Waals surface area contributed by atoms with E-state index in [-0.39, 0.29) is 0 Å². The Morgan fingerprint density at radius 3 is 2.61 bits per heavy atom. The minimum atomic E-state index is 0.293. The molecule has 2 atom stereocenters. The molecule has 1 aromatic rings. The molecular formula is C16H25NO. The fraction of sp³-hybridized carbons (Fsp3) is 0.625. The smallest absolute Gasteiger partial charge is 0.122 e. The van der Waals surface area contributed by atoms with Crippen LogP contribution in [0, 0.1) is 11.8 Å². The zero-order chi connectivity index (χ0) is 13.2. The highest BCUT2D eigenvalue weighted by molar-refractivity contribution is 5.44. The highest BCUT2D eigenvalue weighted by atomic mass is 16.5. The summed E-state index contributed by atoms with van der Waals surface area (Å²) in [5, 5.41) is 3.61. The van der Waals surface area contributed by atoms with Gasteiger partial charge in [0.1, 0.15) is 5.75 Å². The van der Waals surface area contributed by atoms with Crippen molar-refractivity contribution in [1.82, 2.24) is 5.32 Å². The standard InChI is InChI=1S/C16H25NO/c1-12(2)10-17-11-16(9-13(16)3)14-7-5-6-8-15(14)18-4/h5-8,12-13,17H,9-11H2,1-4H3. The van der Waals surface area contributed by atoms with Crippen LogP contribution < -0.4 is 10.1 Å². The fourth-order valence-corrected chi connectivity index (χ4v) is 2.84. The molecule has 0 aliphatic heterocycles. The van der Waals surface area contributed by atoms with Crippen molar-refractivity contribution >= 4 is 0 Å². The van der Waals surface area contributed by atoms with E-state index in [1.807, 2.05) is 6.07 Å². The van der Waals surface area contributed by atoms with E-state index >= 15 is 0 Å². The molecule has 1 fully saturated rings. The topological polar surface area (TPSA) is 21.3 Å². The van der Waals surface area contributed by atoms with Crippen molar-refractivity contribution in [3.8, 4) is 5.75 Å². The maximum Gasteiger partial charge on any atom is 0.122 e. The van der Waals surface area contributed by atoms with Gasteiger partial charge < -0.3 is 10.1 Å². The number of para-hydroxylation sites is 1. The van der Waals surface area contributed by atoms with Crippen LogP contribution in [0.2, 0.25) is 0 Å².